The molecule has 5 aromatic rings. The fourth-order valence-electron chi connectivity index (χ4n) is 5.03. The number of allylic oxidation sites excluding steroid dienone is 2. The summed E-state index contributed by atoms with van der Waals surface area (Å²) in [4.78, 5) is 9.36. The second kappa shape index (κ2) is 11.7. The lowest BCUT2D eigenvalue weighted by Gasteiger charge is -2.17. The standard InChI is InChI=1S/C36H30N4/c1-37-35(28-12-4-2-5-13-28)40-36(29-14-6-3-7-15-29)39-34-20-11-17-31-30(16-10-18-32(31)34)26-21-23-27(24-22-26)33-19-8-9-25-38-33/h2-24,35,38H,1,25H2,(H,39,40). The van der Waals surface area contributed by atoms with Crippen LogP contribution in [0.2, 0.25) is 0 Å². The van der Waals surface area contributed by atoms with E-state index in [9.17, 15) is 0 Å². The molecular weight excluding hydrogens is 488 g/mol. The molecule has 1 aliphatic rings. The number of hydrogen-bond donors (Lipinski definition) is 2. The van der Waals surface area contributed by atoms with Crippen LogP contribution in [0.4, 0.5) is 5.69 Å². The third kappa shape index (κ3) is 5.33. The van der Waals surface area contributed by atoms with Gasteiger partial charge in [0.05, 0.1) is 0 Å². The molecule has 40 heavy (non-hydrogen) atoms. The molecule has 0 amide bonds. The summed E-state index contributed by atoms with van der Waals surface area (Å²) in [7, 11) is 0. The Labute approximate surface area is 235 Å². The lowest BCUT2D eigenvalue weighted by Crippen LogP contribution is -2.15. The van der Waals surface area contributed by atoms with Crippen molar-refractivity contribution >= 4 is 34.7 Å². The molecule has 2 N–H and O–H groups in total. The first-order valence-electron chi connectivity index (χ1n) is 13.4. The number of aliphatic imine (C=N–C) groups is 2. The molecule has 0 fully saturated rings. The van der Waals surface area contributed by atoms with E-state index in [-0.39, 0.29) is 0 Å². The Morgan fingerprint density at radius 3 is 2.15 bits per heavy atom. The summed E-state index contributed by atoms with van der Waals surface area (Å²) in [5.41, 5.74) is 7.65. The summed E-state index contributed by atoms with van der Waals surface area (Å²) in [6, 6.07) is 41.8. The molecule has 6 rings (SSSR count). The lowest BCUT2D eigenvalue weighted by molar-refractivity contribution is 0.786. The van der Waals surface area contributed by atoms with Gasteiger partial charge in [0.1, 0.15) is 5.84 Å². The monoisotopic (exact) mass is 518 g/mol. The predicted octanol–water partition coefficient (Wildman–Crippen LogP) is 8.27. The van der Waals surface area contributed by atoms with Crippen molar-refractivity contribution in [1.29, 1.82) is 0 Å². The summed E-state index contributed by atoms with van der Waals surface area (Å²) < 4.78 is 0. The van der Waals surface area contributed by atoms with Crippen molar-refractivity contribution < 1.29 is 0 Å². The highest BCUT2D eigenvalue weighted by atomic mass is 15.1. The first-order valence-corrected chi connectivity index (χ1v) is 13.4. The quantitative estimate of drug-likeness (QED) is 0.168. The Balaban J connectivity index is 1.38. The first kappa shape index (κ1) is 25.1. The van der Waals surface area contributed by atoms with Crippen molar-refractivity contribution in [3.05, 3.63) is 156 Å². The van der Waals surface area contributed by atoms with Crippen LogP contribution >= 0.6 is 0 Å². The van der Waals surface area contributed by atoms with Crippen molar-refractivity contribution in [1.82, 2.24) is 5.32 Å². The number of nitrogens with one attached hydrogen (secondary N) is 2. The molecule has 4 nitrogen and oxygen atoms in total. The molecule has 0 bridgehead atoms. The fourth-order valence-corrected chi connectivity index (χ4v) is 5.03. The Hall–Kier alpha value is -5.22. The van der Waals surface area contributed by atoms with E-state index in [0.29, 0.717) is 0 Å². The minimum atomic E-state index is -0.419. The Bertz CT molecular complexity index is 1720. The molecule has 5 aromatic carbocycles. The zero-order chi connectivity index (χ0) is 27.1. The second-order valence-electron chi connectivity index (χ2n) is 9.61. The van der Waals surface area contributed by atoms with Crippen LogP contribution < -0.4 is 10.6 Å². The van der Waals surface area contributed by atoms with E-state index in [0.717, 1.165) is 40.3 Å². The molecular formula is C36H30N4. The average molecular weight is 519 g/mol. The van der Waals surface area contributed by atoms with E-state index in [1.165, 1.54) is 22.1 Å². The number of benzene rings is 5. The molecule has 0 radical (unpaired) electrons. The molecule has 1 atom stereocenters. The van der Waals surface area contributed by atoms with E-state index in [1.807, 2.05) is 48.5 Å². The zero-order valence-corrected chi connectivity index (χ0v) is 22.2. The number of anilines is 1. The topological polar surface area (TPSA) is 48.8 Å². The Kier molecular flexibility index (Phi) is 7.31. The summed E-state index contributed by atoms with van der Waals surface area (Å²) >= 11 is 0. The van der Waals surface area contributed by atoms with Gasteiger partial charge in [-0.05, 0) is 46.5 Å². The molecule has 0 spiro atoms. The van der Waals surface area contributed by atoms with Gasteiger partial charge in [0.25, 0.3) is 0 Å². The minimum absolute atomic E-state index is 0.419. The van der Waals surface area contributed by atoms with E-state index in [1.54, 1.807) is 0 Å². The van der Waals surface area contributed by atoms with Gasteiger partial charge in [-0.25, -0.2) is 4.99 Å². The van der Waals surface area contributed by atoms with Crippen LogP contribution in [0.1, 0.15) is 22.9 Å². The second-order valence-corrected chi connectivity index (χ2v) is 9.61. The van der Waals surface area contributed by atoms with Crippen molar-refractivity contribution in [3.8, 4) is 11.1 Å². The molecule has 1 heterocycles. The normalized spacial score (nSPS) is 13.8. The van der Waals surface area contributed by atoms with Gasteiger partial charge in [-0.15, -0.1) is 0 Å². The van der Waals surface area contributed by atoms with Crippen LogP contribution in [-0.2, 0) is 0 Å². The van der Waals surface area contributed by atoms with Gasteiger partial charge in [-0.1, -0.05) is 127 Å². The summed E-state index contributed by atoms with van der Waals surface area (Å²) in [6.45, 7) is 4.68. The number of dihydropyridines is 1. The smallest absolute Gasteiger partial charge is 0.166 e. The summed E-state index contributed by atoms with van der Waals surface area (Å²) in [5, 5.41) is 9.37. The van der Waals surface area contributed by atoms with Gasteiger partial charge >= 0.3 is 0 Å². The van der Waals surface area contributed by atoms with Crippen LogP contribution in [0.15, 0.2) is 150 Å². The summed E-state index contributed by atoms with van der Waals surface area (Å²) in [6.07, 6.45) is 5.91. The van der Waals surface area contributed by atoms with Crippen molar-refractivity contribution in [3.63, 3.8) is 0 Å². The predicted molar refractivity (Wildman–Crippen MR) is 170 cm³/mol. The molecule has 1 aliphatic heterocycles. The fraction of sp³-hybridized carbons (Fsp3) is 0.0556. The Morgan fingerprint density at radius 1 is 0.725 bits per heavy atom. The van der Waals surface area contributed by atoms with Gasteiger partial charge in [0, 0.05) is 28.9 Å². The van der Waals surface area contributed by atoms with Crippen LogP contribution in [0.25, 0.3) is 27.6 Å². The molecule has 1 unspecified atom stereocenters. The maximum absolute atomic E-state index is 5.03. The van der Waals surface area contributed by atoms with Crippen molar-refractivity contribution in [2.75, 3.05) is 11.9 Å². The van der Waals surface area contributed by atoms with Crippen LogP contribution in [0.5, 0.6) is 0 Å². The molecule has 194 valence electrons. The van der Waals surface area contributed by atoms with E-state index >= 15 is 0 Å². The third-order valence-electron chi connectivity index (χ3n) is 7.06. The molecule has 4 heteroatoms. The number of nitrogens with zero attached hydrogens (tertiary/aromatic N) is 2. The van der Waals surface area contributed by atoms with Gasteiger partial charge in [-0.2, -0.15) is 0 Å². The van der Waals surface area contributed by atoms with E-state index in [2.05, 4.69) is 113 Å². The first-order chi connectivity index (χ1) is 19.8. The molecule has 0 aromatic heterocycles. The highest BCUT2D eigenvalue weighted by Crippen LogP contribution is 2.34. The van der Waals surface area contributed by atoms with Gasteiger partial charge in [-0.3, -0.25) is 4.99 Å². The zero-order valence-electron chi connectivity index (χ0n) is 22.2. The summed E-state index contributed by atoms with van der Waals surface area (Å²) in [5.74, 6) is 0.742. The molecule has 0 aliphatic carbocycles. The van der Waals surface area contributed by atoms with Crippen LogP contribution in [-0.4, -0.2) is 19.1 Å². The van der Waals surface area contributed by atoms with Crippen LogP contribution in [0.3, 0.4) is 0 Å². The number of amidine groups is 1. The molecule has 0 saturated heterocycles. The Morgan fingerprint density at radius 2 is 1.43 bits per heavy atom. The maximum Gasteiger partial charge on any atom is 0.166 e. The number of fused-ring (bicyclic) bond motifs is 1. The lowest BCUT2D eigenvalue weighted by atomic mass is 9.96. The largest absolute Gasteiger partial charge is 0.381 e. The van der Waals surface area contributed by atoms with Gasteiger partial charge in [0.2, 0.25) is 0 Å². The highest BCUT2D eigenvalue weighted by molar-refractivity contribution is 6.13. The number of rotatable bonds is 7. The minimum Gasteiger partial charge on any atom is -0.381 e. The third-order valence-corrected chi connectivity index (χ3v) is 7.06. The van der Waals surface area contributed by atoms with E-state index < -0.39 is 6.17 Å². The SMILES string of the molecule is C=NC(N=C(Nc1cccc2c(-c3ccc(C4=CC=CCN4)cc3)cccc12)c1ccccc1)c1ccccc1. The average Bonchev–Trinajstić information content (AvgIpc) is 3.04. The highest BCUT2D eigenvalue weighted by Gasteiger charge is 2.14. The maximum atomic E-state index is 5.03. The van der Waals surface area contributed by atoms with Crippen LogP contribution in [0, 0.1) is 0 Å². The van der Waals surface area contributed by atoms with Gasteiger partial charge in [0.15, 0.2) is 6.17 Å². The van der Waals surface area contributed by atoms with Gasteiger partial charge < -0.3 is 10.6 Å². The molecule has 0 saturated carbocycles. The van der Waals surface area contributed by atoms with Crippen molar-refractivity contribution in [2.45, 2.75) is 6.17 Å². The van der Waals surface area contributed by atoms with E-state index in [4.69, 9.17) is 4.99 Å². The number of hydrogen-bond acceptors (Lipinski definition) is 3. The van der Waals surface area contributed by atoms with Crippen molar-refractivity contribution in [2.24, 2.45) is 9.98 Å².